The first kappa shape index (κ1) is 29.0. The molecule has 1 nitrogen and oxygen atoms in total. The highest BCUT2D eigenvalue weighted by atomic mass is 19.4. The molecule has 0 spiro atoms. The summed E-state index contributed by atoms with van der Waals surface area (Å²) in [5.41, 5.74) is 1.97. The van der Waals surface area contributed by atoms with Crippen molar-refractivity contribution in [3.63, 3.8) is 0 Å². The maximum atomic E-state index is 15.0. The van der Waals surface area contributed by atoms with Crippen LogP contribution in [0.25, 0.3) is 11.1 Å². The van der Waals surface area contributed by atoms with E-state index in [1.54, 1.807) is 12.1 Å². The van der Waals surface area contributed by atoms with Gasteiger partial charge < -0.3 is 4.74 Å². The van der Waals surface area contributed by atoms with Crippen LogP contribution in [-0.4, -0.2) is 6.36 Å². The van der Waals surface area contributed by atoms with Gasteiger partial charge in [0.1, 0.15) is 11.6 Å². The summed E-state index contributed by atoms with van der Waals surface area (Å²) in [6, 6.07) is 10.7. The Balaban J connectivity index is 1.24. The van der Waals surface area contributed by atoms with Crippen molar-refractivity contribution >= 4 is 0 Å². The molecule has 2 saturated carbocycles. The van der Waals surface area contributed by atoms with Crippen molar-refractivity contribution in [2.45, 2.75) is 110 Å². The van der Waals surface area contributed by atoms with Crippen LogP contribution in [0.3, 0.4) is 0 Å². The maximum Gasteiger partial charge on any atom is 0.573 e. The summed E-state index contributed by atoms with van der Waals surface area (Å²) in [7, 11) is 0. The van der Waals surface area contributed by atoms with E-state index in [1.165, 1.54) is 94.9 Å². The number of hydrogen-bond donors (Lipinski definition) is 0. The fourth-order valence-corrected chi connectivity index (χ4v) is 7.03. The number of rotatable bonds is 10. The molecule has 0 bridgehead atoms. The summed E-state index contributed by atoms with van der Waals surface area (Å²) in [6.07, 6.45) is 12.5. The second-order valence-corrected chi connectivity index (χ2v) is 12.0. The van der Waals surface area contributed by atoms with Crippen molar-refractivity contribution in [3.8, 4) is 16.9 Å². The number of ether oxygens (including phenoxy) is 1. The van der Waals surface area contributed by atoms with Gasteiger partial charge in [0.15, 0.2) is 0 Å². The predicted octanol–water partition coefficient (Wildman–Crippen LogP) is 11.1. The Bertz CT molecular complexity index is 983. The van der Waals surface area contributed by atoms with Crippen LogP contribution < -0.4 is 4.74 Å². The third-order valence-electron chi connectivity index (χ3n) is 9.33. The van der Waals surface area contributed by atoms with Gasteiger partial charge in [0, 0.05) is 5.56 Å². The van der Waals surface area contributed by atoms with Gasteiger partial charge in [0.05, 0.1) is 0 Å². The number of benzene rings is 2. The van der Waals surface area contributed by atoms with Gasteiger partial charge in [-0.3, -0.25) is 0 Å². The number of hydrogen-bond acceptors (Lipinski definition) is 1. The normalized spacial score (nSPS) is 25.2. The molecule has 4 rings (SSSR count). The lowest BCUT2D eigenvalue weighted by molar-refractivity contribution is -0.274. The molecule has 2 aromatic carbocycles. The average Bonchev–Trinajstić information content (AvgIpc) is 2.89. The van der Waals surface area contributed by atoms with Crippen molar-refractivity contribution in [2.75, 3.05) is 0 Å². The van der Waals surface area contributed by atoms with Crippen molar-refractivity contribution < 1.29 is 22.3 Å². The lowest BCUT2D eigenvalue weighted by Gasteiger charge is -2.36. The van der Waals surface area contributed by atoms with E-state index in [0.717, 1.165) is 42.1 Å². The first-order valence-corrected chi connectivity index (χ1v) is 14.9. The maximum absolute atomic E-state index is 15.0. The quantitative estimate of drug-likeness (QED) is 0.218. The molecule has 0 heterocycles. The van der Waals surface area contributed by atoms with Crippen LogP contribution in [0.15, 0.2) is 42.5 Å². The molecule has 0 saturated heterocycles. The van der Waals surface area contributed by atoms with Crippen LogP contribution in [-0.2, 0) is 0 Å². The second-order valence-electron chi connectivity index (χ2n) is 12.0. The van der Waals surface area contributed by atoms with Crippen LogP contribution in [0, 0.1) is 29.5 Å². The standard InChI is InChI=1S/C33H44F4O/c1-3-4-5-6-24-7-11-26(12-8-24)23(2)21-25-9-13-27(14-10-25)29-17-20-31(32(34)22-29)28-15-18-30(19-16-28)38-33(35,36)37/h15-20,22-27H,3-14,21H2,1-2H3. The minimum absolute atomic E-state index is 0.306. The summed E-state index contributed by atoms with van der Waals surface area (Å²) in [4.78, 5) is 0. The molecule has 210 valence electrons. The fourth-order valence-electron chi connectivity index (χ4n) is 7.03. The second kappa shape index (κ2) is 13.3. The Kier molecular flexibility index (Phi) is 10.2. The molecular weight excluding hydrogens is 488 g/mol. The van der Waals surface area contributed by atoms with Crippen LogP contribution >= 0.6 is 0 Å². The third-order valence-corrected chi connectivity index (χ3v) is 9.33. The van der Waals surface area contributed by atoms with Crippen LogP contribution in [0.5, 0.6) is 5.75 Å². The molecule has 0 radical (unpaired) electrons. The van der Waals surface area contributed by atoms with Gasteiger partial charge in [0.25, 0.3) is 0 Å². The summed E-state index contributed by atoms with van der Waals surface area (Å²) in [5, 5.41) is 0. The molecule has 0 aromatic heterocycles. The molecule has 0 N–H and O–H groups in total. The lowest BCUT2D eigenvalue weighted by Crippen LogP contribution is -2.23. The SMILES string of the molecule is CCCCCC1CCC(C(C)CC2CCC(c3ccc(-c4ccc(OC(F)(F)F)cc4)c(F)c3)CC2)CC1. The van der Waals surface area contributed by atoms with E-state index >= 15 is 4.39 Å². The van der Waals surface area contributed by atoms with E-state index in [1.807, 2.05) is 6.07 Å². The smallest absolute Gasteiger partial charge is 0.406 e. The highest BCUT2D eigenvalue weighted by molar-refractivity contribution is 5.65. The van der Waals surface area contributed by atoms with Gasteiger partial charge in [-0.1, -0.05) is 76.6 Å². The Hall–Kier alpha value is -2.04. The first-order valence-electron chi connectivity index (χ1n) is 14.9. The molecule has 2 fully saturated rings. The van der Waals surface area contributed by atoms with Crippen molar-refractivity contribution in [3.05, 3.63) is 53.8 Å². The summed E-state index contributed by atoms with van der Waals surface area (Å²) in [6.45, 7) is 4.76. The number of unbranched alkanes of at least 4 members (excludes halogenated alkanes) is 2. The zero-order valence-corrected chi connectivity index (χ0v) is 23.0. The van der Waals surface area contributed by atoms with E-state index in [0.29, 0.717) is 17.0 Å². The zero-order valence-electron chi connectivity index (χ0n) is 23.0. The van der Waals surface area contributed by atoms with E-state index in [4.69, 9.17) is 0 Å². The molecule has 1 unspecified atom stereocenters. The predicted molar refractivity (Wildman–Crippen MR) is 147 cm³/mol. The minimum Gasteiger partial charge on any atom is -0.406 e. The van der Waals surface area contributed by atoms with Gasteiger partial charge in [-0.05, 0) is 104 Å². The Morgan fingerprint density at radius 1 is 0.842 bits per heavy atom. The highest BCUT2D eigenvalue weighted by Gasteiger charge is 2.31. The van der Waals surface area contributed by atoms with Gasteiger partial charge in [0.2, 0.25) is 0 Å². The van der Waals surface area contributed by atoms with E-state index < -0.39 is 6.36 Å². The molecule has 2 aromatic rings. The molecule has 2 aliphatic rings. The summed E-state index contributed by atoms with van der Waals surface area (Å²) >= 11 is 0. The molecule has 2 aliphatic carbocycles. The van der Waals surface area contributed by atoms with Crippen molar-refractivity contribution in [1.29, 1.82) is 0 Å². The van der Waals surface area contributed by atoms with Gasteiger partial charge in [-0.15, -0.1) is 13.2 Å². The molecule has 5 heteroatoms. The molecule has 0 amide bonds. The number of alkyl halides is 3. The molecule has 1 atom stereocenters. The largest absolute Gasteiger partial charge is 0.573 e. The Labute approximate surface area is 226 Å². The van der Waals surface area contributed by atoms with E-state index in [-0.39, 0.29) is 11.6 Å². The molecular formula is C33H44F4O. The number of halogens is 4. The van der Waals surface area contributed by atoms with E-state index in [2.05, 4.69) is 18.6 Å². The summed E-state index contributed by atoms with van der Waals surface area (Å²) < 4.78 is 56.1. The van der Waals surface area contributed by atoms with Gasteiger partial charge in [-0.2, -0.15) is 0 Å². The first-order chi connectivity index (χ1) is 18.2. The zero-order chi connectivity index (χ0) is 27.1. The van der Waals surface area contributed by atoms with Gasteiger partial charge >= 0.3 is 6.36 Å². The summed E-state index contributed by atoms with van der Waals surface area (Å²) in [5.74, 6) is 3.20. The molecule has 0 aliphatic heterocycles. The van der Waals surface area contributed by atoms with Gasteiger partial charge in [-0.25, -0.2) is 4.39 Å². The fraction of sp³-hybridized carbons (Fsp3) is 0.636. The minimum atomic E-state index is -4.74. The van der Waals surface area contributed by atoms with Crippen LogP contribution in [0.4, 0.5) is 17.6 Å². The topological polar surface area (TPSA) is 9.23 Å². The lowest BCUT2D eigenvalue weighted by atomic mass is 9.70. The Morgan fingerprint density at radius 3 is 2.11 bits per heavy atom. The highest BCUT2D eigenvalue weighted by Crippen LogP contribution is 2.43. The average molecular weight is 533 g/mol. The van der Waals surface area contributed by atoms with Crippen LogP contribution in [0.1, 0.15) is 109 Å². The van der Waals surface area contributed by atoms with Crippen LogP contribution in [0.2, 0.25) is 0 Å². The van der Waals surface area contributed by atoms with E-state index in [9.17, 15) is 13.2 Å². The monoisotopic (exact) mass is 532 g/mol. The third kappa shape index (κ3) is 8.23. The Morgan fingerprint density at radius 2 is 1.50 bits per heavy atom. The molecule has 38 heavy (non-hydrogen) atoms. The van der Waals surface area contributed by atoms with Crippen molar-refractivity contribution in [2.24, 2.45) is 23.7 Å². The van der Waals surface area contributed by atoms with Crippen molar-refractivity contribution in [1.82, 2.24) is 0 Å².